The van der Waals surface area contributed by atoms with Crippen LogP contribution in [0.2, 0.25) is 0 Å². The van der Waals surface area contributed by atoms with E-state index in [1.807, 2.05) is 44.2 Å². The lowest BCUT2D eigenvalue weighted by Gasteiger charge is -2.33. The van der Waals surface area contributed by atoms with E-state index in [4.69, 9.17) is 0 Å². The van der Waals surface area contributed by atoms with Crippen LogP contribution in [-0.4, -0.2) is 50.3 Å². The number of halogens is 1. The fourth-order valence-electron chi connectivity index (χ4n) is 5.24. The molecule has 0 heterocycles. The third-order valence-electron chi connectivity index (χ3n) is 7.57. The molecule has 0 radical (unpaired) electrons. The number of nitrogens with one attached hydrogen (secondary N) is 1. The summed E-state index contributed by atoms with van der Waals surface area (Å²) < 4.78 is 42.3. The van der Waals surface area contributed by atoms with Crippen LogP contribution in [0.3, 0.4) is 0 Å². The van der Waals surface area contributed by atoms with Crippen molar-refractivity contribution in [3.63, 3.8) is 0 Å². The molecule has 0 spiro atoms. The molecular formula is C32H38FN3O4S. The van der Waals surface area contributed by atoms with Gasteiger partial charge in [-0.2, -0.15) is 0 Å². The maximum atomic E-state index is 14.1. The van der Waals surface area contributed by atoms with Crippen molar-refractivity contribution in [3.05, 3.63) is 95.8 Å². The molecule has 218 valence electrons. The smallest absolute Gasteiger partial charge is 0.264 e. The maximum Gasteiger partial charge on any atom is 0.264 e. The Hall–Kier alpha value is -3.72. The highest BCUT2D eigenvalue weighted by Crippen LogP contribution is 2.25. The SMILES string of the molecule is CC[C@H](C(=O)NC1CCCC1)N(CCc1ccccc1)C(=O)CN(c1ccc(C)cc1)S(=O)(=O)c1ccc(F)cc1. The van der Waals surface area contributed by atoms with Gasteiger partial charge < -0.3 is 10.2 Å². The van der Waals surface area contributed by atoms with E-state index in [1.54, 1.807) is 24.3 Å². The molecule has 1 fully saturated rings. The van der Waals surface area contributed by atoms with Gasteiger partial charge in [0.05, 0.1) is 10.6 Å². The molecule has 0 bridgehead atoms. The molecule has 1 N–H and O–H groups in total. The van der Waals surface area contributed by atoms with Gasteiger partial charge in [0.25, 0.3) is 10.0 Å². The van der Waals surface area contributed by atoms with Gasteiger partial charge in [0.2, 0.25) is 11.8 Å². The molecule has 1 aliphatic carbocycles. The topological polar surface area (TPSA) is 86.8 Å². The molecule has 0 aromatic heterocycles. The normalized spacial score (nSPS) is 14.4. The minimum Gasteiger partial charge on any atom is -0.352 e. The van der Waals surface area contributed by atoms with Gasteiger partial charge >= 0.3 is 0 Å². The molecule has 41 heavy (non-hydrogen) atoms. The molecule has 3 aromatic carbocycles. The summed E-state index contributed by atoms with van der Waals surface area (Å²) in [6, 6.07) is 20.4. The van der Waals surface area contributed by atoms with E-state index < -0.39 is 34.3 Å². The second-order valence-electron chi connectivity index (χ2n) is 10.5. The zero-order valence-electron chi connectivity index (χ0n) is 23.6. The first-order valence-electron chi connectivity index (χ1n) is 14.2. The van der Waals surface area contributed by atoms with Gasteiger partial charge in [-0.1, -0.05) is 67.8 Å². The number of benzene rings is 3. The van der Waals surface area contributed by atoms with Crippen LogP contribution < -0.4 is 9.62 Å². The first kappa shape index (κ1) is 30.2. The second kappa shape index (κ2) is 13.8. The predicted octanol–water partition coefficient (Wildman–Crippen LogP) is 5.24. The van der Waals surface area contributed by atoms with Crippen molar-refractivity contribution in [2.45, 2.75) is 69.4 Å². The van der Waals surface area contributed by atoms with Gasteiger partial charge in [-0.05, 0) is 74.6 Å². The number of anilines is 1. The molecule has 0 saturated heterocycles. The van der Waals surface area contributed by atoms with Crippen molar-refractivity contribution in [2.24, 2.45) is 0 Å². The summed E-state index contributed by atoms with van der Waals surface area (Å²) in [6.07, 6.45) is 4.84. The number of amides is 2. The molecule has 1 aliphatic rings. The van der Waals surface area contributed by atoms with Crippen molar-refractivity contribution in [3.8, 4) is 0 Å². The van der Waals surface area contributed by atoms with E-state index in [0.29, 0.717) is 18.5 Å². The van der Waals surface area contributed by atoms with Crippen molar-refractivity contribution in [2.75, 3.05) is 17.4 Å². The van der Waals surface area contributed by atoms with Crippen LogP contribution in [-0.2, 0) is 26.0 Å². The Morgan fingerprint density at radius 1 is 0.951 bits per heavy atom. The summed E-state index contributed by atoms with van der Waals surface area (Å²) in [5.41, 5.74) is 2.24. The summed E-state index contributed by atoms with van der Waals surface area (Å²) in [5, 5.41) is 3.12. The molecule has 0 unspecified atom stereocenters. The zero-order chi connectivity index (χ0) is 29.4. The Bertz CT molecular complexity index is 1410. The number of hydrogen-bond donors (Lipinski definition) is 1. The first-order valence-corrected chi connectivity index (χ1v) is 15.6. The molecule has 3 aromatic rings. The lowest BCUT2D eigenvalue weighted by atomic mass is 10.1. The summed E-state index contributed by atoms with van der Waals surface area (Å²) in [5.74, 6) is -1.27. The van der Waals surface area contributed by atoms with Crippen LogP contribution in [0.15, 0.2) is 83.8 Å². The number of hydrogen-bond acceptors (Lipinski definition) is 4. The van der Waals surface area contributed by atoms with Crippen LogP contribution in [0.1, 0.15) is 50.2 Å². The largest absolute Gasteiger partial charge is 0.352 e. The van der Waals surface area contributed by atoms with E-state index in [2.05, 4.69) is 5.32 Å². The summed E-state index contributed by atoms with van der Waals surface area (Å²) >= 11 is 0. The highest BCUT2D eigenvalue weighted by molar-refractivity contribution is 7.92. The number of sulfonamides is 1. The predicted molar refractivity (Wildman–Crippen MR) is 158 cm³/mol. The monoisotopic (exact) mass is 579 g/mol. The summed E-state index contributed by atoms with van der Waals surface area (Å²) in [7, 11) is -4.23. The Kier molecular flexibility index (Phi) is 10.2. The van der Waals surface area contributed by atoms with Crippen LogP contribution in [0, 0.1) is 12.7 Å². The Morgan fingerprint density at radius 2 is 1.59 bits per heavy atom. The molecule has 4 rings (SSSR count). The fourth-order valence-corrected chi connectivity index (χ4v) is 6.65. The minimum absolute atomic E-state index is 0.0885. The quantitative estimate of drug-likeness (QED) is 0.318. The van der Waals surface area contributed by atoms with Crippen molar-refractivity contribution in [1.29, 1.82) is 0 Å². The van der Waals surface area contributed by atoms with Gasteiger partial charge in [-0.25, -0.2) is 12.8 Å². The van der Waals surface area contributed by atoms with Gasteiger partial charge in [-0.3, -0.25) is 13.9 Å². The van der Waals surface area contributed by atoms with E-state index in [9.17, 15) is 22.4 Å². The Labute approximate surface area is 242 Å². The number of nitrogens with zero attached hydrogens (tertiary/aromatic N) is 2. The molecule has 7 nitrogen and oxygen atoms in total. The van der Waals surface area contributed by atoms with E-state index in [1.165, 1.54) is 17.0 Å². The van der Waals surface area contributed by atoms with Crippen molar-refractivity contribution in [1.82, 2.24) is 10.2 Å². The second-order valence-corrected chi connectivity index (χ2v) is 12.4. The zero-order valence-corrected chi connectivity index (χ0v) is 24.4. The van der Waals surface area contributed by atoms with E-state index in [0.717, 1.165) is 53.2 Å². The Morgan fingerprint density at radius 3 is 2.20 bits per heavy atom. The van der Waals surface area contributed by atoms with Gasteiger partial charge in [0, 0.05) is 12.6 Å². The molecule has 0 aliphatic heterocycles. The fraction of sp³-hybridized carbons (Fsp3) is 0.375. The van der Waals surface area contributed by atoms with Crippen LogP contribution in [0.5, 0.6) is 0 Å². The van der Waals surface area contributed by atoms with Crippen LogP contribution in [0.4, 0.5) is 10.1 Å². The minimum atomic E-state index is -4.23. The number of aryl methyl sites for hydroxylation is 1. The standard InChI is InChI=1S/C32H38FN3O4S/c1-3-30(32(38)34-27-11-7-8-12-27)35(22-21-25-9-5-4-6-10-25)31(37)23-36(28-17-13-24(2)14-18-28)41(39,40)29-19-15-26(33)16-20-29/h4-6,9-10,13-20,27,30H,3,7-8,11-12,21-23H2,1-2H3,(H,34,38)/t30-/m1/s1. The van der Waals surface area contributed by atoms with E-state index >= 15 is 0 Å². The Balaban J connectivity index is 1.66. The van der Waals surface area contributed by atoms with Crippen LogP contribution >= 0.6 is 0 Å². The highest BCUT2D eigenvalue weighted by Gasteiger charge is 2.34. The average molecular weight is 580 g/mol. The highest BCUT2D eigenvalue weighted by atomic mass is 32.2. The first-order chi connectivity index (χ1) is 19.7. The molecular weight excluding hydrogens is 541 g/mol. The third kappa shape index (κ3) is 7.73. The van der Waals surface area contributed by atoms with Crippen molar-refractivity contribution < 1.29 is 22.4 Å². The molecule has 9 heteroatoms. The van der Waals surface area contributed by atoms with Gasteiger partial charge in [0.15, 0.2) is 0 Å². The third-order valence-corrected chi connectivity index (χ3v) is 9.36. The molecule has 2 amide bonds. The lowest BCUT2D eigenvalue weighted by molar-refractivity contribution is -0.139. The summed E-state index contributed by atoms with van der Waals surface area (Å²) in [6.45, 7) is 3.48. The van der Waals surface area contributed by atoms with Crippen molar-refractivity contribution >= 4 is 27.5 Å². The maximum absolute atomic E-state index is 14.1. The van der Waals surface area contributed by atoms with Gasteiger partial charge in [-0.15, -0.1) is 0 Å². The molecule has 1 saturated carbocycles. The van der Waals surface area contributed by atoms with Gasteiger partial charge in [0.1, 0.15) is 18.4 Å². The number of carbonyl (C=O) groups excluding carboxylic acids is 2. The van der Waals surface area contributed by atoms with Crippen LogP contribution in [0.25, 0.3) is 0 Å². The molecule has 1 atom stereocenters. The lowest BCUT2D eigenvalue weighted by Crippen LogP contribution is -2.54. The average Bonchev–Trinajstić information content (AvgIpc) is 3.48. The van der Waals surface area contributed by atoms with E-state index in [-0.39, 0.29) is 23.4 Å². The number of carbonyl (C=O) groups is 2. The number of rotatable bonds is 12. The summed E-state index contributed by atoms with van der Waals surface area (Å²) in [4.78, 5) is 28.9.